The van der Waals surface area contributed by atoms with Gasteiger partial charge in [-0.25, -0.2) is 4.39 Å². The summed E-state index contributed by atoms with van der Waals surface area (Å²) in [6, 6.07) is 1.34. The molecule has 1 aliphatic heterocycles. The van der Waals surface area contributed by atoms with Crippen LogP contribution in [0, 0.1) is 5.82 Å². The summed E-state index contributed by atoms with van der Waals surface area (Å²) < 4.78 is 15.1. The first-order valence-corrected chi connectivity index (χ1v) is 9.22. The van der Waals surface area contributed by atoms with Gasteiger partial charge in [0.15, 0.2) is 0 Å². The lowest BCUT2D eigenvalue weighted by atomic mass is 9.98. The number of primary amides is 1. The molecule has 2 aromatic rings. The number of aromatic amines is 1. The van der Waals surface area contributed by atoms with Gasteiger partial charge in [0.1, 0.15) is 5.82 Å². The van der Waals surface area contributed by atoms with Crippen molar-refractivity contribution >= 4 is 22.5 Å². The van der Waals surface area contributed by atoms with E-state index in [0.717, 1.165) is 61.7 Å². The number of H-pyrrole nitrogens is 1. The maximum atomic E-state index is 15.1. The predicted molar refractivity (Wildman–Crippen MR) is 97.5 cm³/mol. The van der Waals surface area contributed by atoms with Crippen molar-refractivity contribution in [3.8, 4) is 0 Å². The molecule has 2 aliphatic rings. The monoisotopic (exact) mass is 344 g/mol. The summed E-state index contributed by atoms with van der Waals surface area (Å²) in [4.78, 5) is 17.3. The second-order valence-electron chi connectivity index (χ2n) is 7.36. The molecule has 1 fully saturated rings. The summed E-state index contributed by atoms with van der Waals surface area (Å²) in [5.74, 6) is -0.969. The number of piperidine rings is 1. The third-order valence-electron chi connectivity index (χ3n) is 5.59. The first-order chi connectivity index (χ1) is 12.1. The summed E-state index contributed by atoms with van der Waals surface area (Å²) in [5.41, 5.74) is 15.5. The Morgan fingerprint density at radius 1 is 1.24 bits per heavy atom. The van der Waals surface area contributed by atoms with E-state index in [0.29, 0.717) is 17.7 Å². The van der Waals surface area contributed by atoms with E-state index in [9.17, 15) is 4.79 Å². The van der Waals surface area contributed by atoms with E-state index >= 15 is 4.39 Å². The maximum absolute atomic E-state index is 15.1. The van der Waals surface area contributed by atoms with Crippen LogP contribution in [0.15, 0.2) is 6.07 Å². The molecule has 1 saturated heterocycles. The lowest BCUT2D eigenvalue weighted by Crippen LogP contribution is -2.43. The highest BCUT2D eigenvalue weighted by molar-refractivity contribution is 6.10. The Morgan fingerprint density at radius 3 is 2.80 bits per heavy atom. The average molecular weight is 344 g/mol. The second-order valence-corrected chi connectivity index (χ2v) is 7.36. The van der Waals surface area contributed by atoms with Crippen LogP contribution < -0.4 is 16.4 Å². The van der Waals surface area contributed by atoms with Crippen molar-refractivity contribution < 1.29 is 9.18 Å². The molecular formula is C19H25FN4O. The Labute approximate surface area is 146 Å². The minimum atomic E-state index is -0.595. The molecule has 0 unspecified atom stereocenters. The van der Waals surface area contributed by atoms with Gasteiger partial charge >= 0.3 is 0 Å². The van der Waals surface area contributed by atoms with Crippen LogP contribution >= 0.6 is 0 Å². The molecule has 0 spiro atoms. The maximum Gasteiger partial charge on any atom is 0.250 e. The predicted octanol–water partition coefficient (Wildman–Crippen LogP) is 2.60. The molecule has 1 aliphatic carbocycles. The number of fused-ring (bicyclic) bond motifs is 3. The van der Waals surface area contributed by atoms with Gasteiger partial charge in [-0.2, -0.15) is 0 Å². The molecule has 1 atom stereocenters. The average Bonchev–Trinajstić information content (AvgIpc) is 2.76. The number of nitrogens with two attached hydrogens (primary N) is 2. The van der Waals surface area contributed by atoms with E-state index in [1.165, 1.54) is 12.5 Å². The highest BCUT2D eigenvalue weighted by Crippen LogP contribution is 2.39. The number of nitrogens with zero attached hydrogens (tertiary/aromatic N) is 1. The fourth-order valence-electron chi connectivity index (χ4n) is 4.43. The third kappa shape index (κ3) is 2.78. The molecule has 2 heterocycles. The second kappa shape index (κ2) is 6.33. The third-order valence-corrected chi connectivity index (χ3v) is 5.59. The van der Waals surface area contributed by atoms with Gasteiger partial charge in [-0.3, -0.25) is 4.79 Å². The van der Waals surface area contributed by atoms with E-state index in [4.69, 9.17) is 11.5 Å². The number of hydrogen-bond donors (Lipinski definition) is 3. The van der Waals surface area contributed by atoms with Crippen LogP contribution in [0.25, 0.3) is 10.9 Å². The zero-order chi connectivity index (χ0) is 17.6. The van der Waals surface area contributed by atoms with Crippen molar-refractivity contribution in [2.75, 3.05) is 18.0 Å². The van der Waals surface area contributed by atoms with Gasteiger partial charge in [-0.05, 0) is 50.2 Å². The number of nitrogens with one attached hydrogen (secondary N) is 1. The molecule has 6 heteroatoms. The fraction of sp³-hybridized carbons (Fsp3) is 0.526. The molecule has 0 saturated carbocycles. The SMILES string of the molecule is NC(=O)c1cc(F)c(N2CCC[C@H](N)C2)c2c3c([nH]c12)CCCCC3. The summed E-state index contributed by atoms with van der Waals surface area (Å²) in [5, 5.41) is 0.847. The van der Waals surface area contributed by atoms with Gasteiger partial charge < -0.3 is 21.4 Å². The van der Waals surface area contributed by atoms with Gasteiger partial charge in [-0.1, -0.05) is 6.42 Å². The number of carbonyl (C=O) groups excluding carboxylic acids is 1. The molecule has 25 heavy (non-hydrogen) atoms. The smallest absolute Gasteiger partial charge is 0.250 e. The molecule has 1 aromatic carbocycles. The molecule has 0 radical (unpaired) electrons. The number of aromatic nitrogens is 1. The number of benzene rings is 1. The topological polar surface area (TPSA) is 88.1 Å². The first kappa shape index (κ1) is 16.4. The number of anilines is 1. The summed E-state index contributed by atoms with van der Waals surface area (Å²) in [6.07, 6.45) is 7.12. The highest BCUT2D eigenvalue weighted by Gasteiger charge is 2.28. The van der Waals surface area contributed by atoms with Crippen LogP contribution in [0.1, 0.15) is 53.7 Å². The van der Waals surface area contributed by atoms with E-state index in [-0.39, 0.29) is 17.4 Å². The molecule has 4 rings (SSSR count). The van der Waals surface area contributed by atoms with Crippen molar-refractivity contribution in [3.05, 3.63) is 28.7 Å². The van der Waals surface area contributed by atoms with E-state index in [1.54, 1.807) is 0 Å². The van der Waals surface area contributed by atoms with Crippen molar-refractivity contribution in [2.45, 2.75) is 51.0 Å². The fourth-order valence-corrected chi connectivity index (χ4v) is 4.43. The van der Waals surface area contributed by atoms with Crippen LogP contribution in [0.3, 0.4) is 0 Å². The Morgan fingerprint density at radius 2 is 2.04 bits per heavy atom. The number of aryl methyl sites for hydroxylation is 2. The van der Waals surface area contributed by atoms with Crippen LogP contribution in [0.5, 0.6) is 0 Å². The number of amides is 1. The van der Waals surface area contributed by atoms with Crippen molar-refractivity contribution in [2.24, 2.45) is 11.5 Å². The Hall–Kier alpha value is -2.08. The van der Waals surface area contributed by atoms with Crippen LogP contribution in [0.2, 0.25) is 0 Å². The molecule has 5 N–H and O–H groups in total. The van der Waals surface area contributed by atoms with Crippen LogP contribution in [-0.4, -0.2) is 30.0 Å². The van der Waals surface area contributed by atoms with Crippen LogP contribution in [0.4, 0.5) is 10.1 Å². The summed E-state index contributed by atoms with van der Waals surface area (Å²) >= 11 is 0. The van der Waals surface area contributed by atoms with Gasteiger partial charge in [0.25, 0.3) is 5.91 Å². The normalized spacial score (nSPS) is 21.2. The number of halogens is 1. The quantitative estimate of drug-likeness (QED) is 0.732. The standard InChI is InChI=1S/C19H25FN4O/c20-14-9-13(19(22)25)17-16(12-6-2-1-3-7-15(12)23-17)18(14)24-8-4-5-11(21)10-24/h9,11,23H,1-8,10,21H2,(H2,22,25)/t11-/m0/s1. The minimum Gasteiger partial charge on any atom is -0.367 e. The van der Waals surface area contributed by atoms with Crippen molar-refractivity contribution in [1.82, 2.24) is 4.98 Å². The lowest BCUT2D eigenvalue weighted by molar-refractivity contribution is 0.100. The summed E-state index contributed by atoms with van der Waals surface area (Å²) in [6.45, 7) is 1.43. The van der Waals surface area contributed by atoms with Gasteiger partial charge in [0.05, 0.1) is 16.8 Å². The Kier molecular flexibility index (Phi) is 4.15. The highest BCUT2D eigenvalue weighted by atomic mass is 19.1. The number of hydrogen-bond acceptors (Lipinski definition) is 3. The first-order valence-electron chi connectivity index (χ1n) is 9.22. The summed E-state index contributed by atoms with van der Waals surface area (Å²) in [7, 11) is 0. The van der Waals surface area contributed by atoms with Crippen LogP contribution in [-0.2, 0) is 12.8 Å². The van der Waals surface area contributed by atoms with E-state index < -0.39 is 5.91 Å². The Bertz CT molecular complexity index is 829. The van der Waals surface area contributed by atoms with Gasteiger partial charge in [0, 0.05) is 30.2 Å². The largest absolute Gasteiger partial charge is 0.367 e. The van der Waals surface area contributed by atoms with Crippen molar-refractivity contribution in [3.63, 3.8) is 0 Å². The molecule has 1 amide bonds. The van der Waals surface area contributed by atoms with E-state index in [2.05, 4.69) is 9.88 Å². The minimum absolute atomic E-state index is 0.0524. The van der Waals surface area contributed by atoms with E-state index in [1.807, 2.05) is 0 Å². The zero-order valence-electron chi connectivity index (χ0n) is 14.4. The molecule has 5 nitrogen and oxygen atoms in total. The molecule has 1 aromatic heterocycles. The molecular weight excluding hydrogens is 319 g/mol. The van der Waals surface area contributed by atoms with Crippen molar-refractivity contribution in [1.29, 1.82) is 0 Å². The molecule has 0 bridgehead atoms. The number of rotatable bonds is 2. The zero-order valence-corrected chi connectivity index (χ0v) is 14.4. The van der Waals surface area contributed by atoms with Gasteiger partial charge in [0.2, 0.25) is 0 Å². The lowest BCUT2D eigenvalue weighted by Gasteiger charge is -2.33. The molecule has 134 valence electrons. The Balaban J connectivity index is 1.98. The van der Waals surface area contributed by atoms with Gasteiger partial charge in [-0.15, -0.1) is 0 Å². The number of carbonyl (C=O) groups is 1.